The fraction of sp³-hybridized carbons (Fsp3) is 0.722. The van der Waals surface area contributed by atoms with Crippen molar-refractivity contribution < 1.29 is 9.47 Å². The summed E-state index contributed by atoms with van der Waals surface area (Å²) in [5.41, 5.74) is 0.451. The lowest BCUT2D eigenvalue weighted by molar-refractivity contribution is -0.603. The summed E-state index contributed by atoms with van der Waals surface area (Å²) in [5.74, 6) is 2.31. The van der Waals surface area contributed by atoms with Gasteiger partial charge in [0.05, 0.1) is 24.3 Å². The third kappa shape index (κ3) is 2.05. The van der Waals surface area contributed by atoms with Gasteiger partial charge in [-0.3, -0.25) is 9.13 Å². The highest BCUT2D eigenvalue weighted by Gasteiger charge is 2.65. The summed E-state index contributed by atoms with van der Waals surface area (Å²) in [6, 6.07) is 0. The highest BCUT2D eigenvalue weighted by Crippen LogP contribution is 2.61. The Morgan fingerprint density at radius 1 is 1.28 bits per heavy atom. The molecule has 0 amide bonds. The van der Waals surface area contributed by atoms with Crippen molar-refractivity contribution in [3.05, 3.63) is 27.7 Å². The molecule has 0 aromatic rings. The minimum absolute atomic E-state index is 0.0700. The minimum Gasteiger partial charge on any atom is -0.710 e. The average molecular weight is 344 g/mol. The second-order valence-electron chi connectivity index (χ2n) is 7.80. The maximum absolute atomic E-state index is 13.0. The third-order valence-corrected chi connectivity index (χ3v) is 6.23. The Hall–Kier alpha value is -1.89. The van der Waals surface area contributed by atoms with Crippen LogP contribution in [0.3, 0.4) is 0 Å². The van der Waals surface area contributed by atoms with E-state index in [1.807, 2.05) is 13.8 Å². The van der Waals surface area contributed by atoms with Gasteiger partial charge in [-0.05, 0) is 36.6 Å². The van der Waals surface area contributed by atoms with E-state index in [-0.39, 0.29) is 11.6 Å². The molecule has 3 aliphatic heterocycles. The number of rotatable bonds is 5. The Morgan fingerprint density at radius 2 is 2.08 bits per heavy atom. The van der Waals surface area contributed by atoms with Crippen LogP contribution in [-0.4, -0.2) is 26.3 Å². The molecule has 3 heterocycles. The van der Waals surface area contributed by atoms with Crippen molar-refractivity contribution in [2.45, 2.75) is 70.7 Å². The number of imidazole rings is 1. The average Bonchev–Trinajstić information content (AvgIpc) is 3.06. The SMILES string of the molecule is CCCn1cc2[n+]([O-])c(C3CC4CC3C3OC43)nc-2n(CCC)c1=O. The molecule has 5 unspecified atom stereocenters. The Balaban J connectivity index is 1.64. The number of ether oxygens (including phenoxy) is 1. The van der Waals surface area contributed by atoms with E-state index in [0.717, 1.165) is 30.4 Å². The highest BCUT2D eigenvalue weighted by atomic mass is 16.6. The molecule has 5 atom stereocenters. The summed E-state index contributed by atoms with van der Waals surface area (Å²) < 4.78 is 10.0. The number of aryl methyl sites for hydroxylation is 1. The van der Waals surface area contributed by atoms with Gasteiger partial charge in [0.15, 0.2) is 0 Å². The molecule has 7 heteroatoms. The van der Waals surface area contributed by atoms with Crippen molar-refractivity contribution >= 4 is 0 Å². The van der Waals surface area contributed by atoms with Crippen molar-refractivity contribution in [3.8, 4) is 11.5 Å². The molecule has 3 fully saturated rings. The van der Waals surface area contributed by atoms with Crippen molar-refractivity contribution in [3.63, 3.8) is 0 Å². The topological polar surface area (TPSA) is 79.3 Å². The Bertz CT molecular complexity index is 857. The third-order valence-electron chi connectivity index (χ3n) is 6.23. The molecule has 0 radical (unpaired) electrons. The standard InChI is InChI=1S/C18H24N4O3/c1-3-5-20-9-13-17(21(6-4-2)18(20)23)19-16(22(13)24)12-8-10-7-11(12)15-14(10)25-15/h9-12,14-15H,3-8H2,1-2H3. The van der Waals surface area contributed by atoms with E-state index >= 15 is 0 Å². The number of hydrogen-bond acceptors (Lipinski definition) is 4. The van der Waals surface area contributed by atoms with Crippen LogP contribution in [0.1, 0.15) is 51.3 Å². The fourth-order valence-electron chi connectivity index (χ4n) is 5.14. The Kier molecular flexibility index (Phi) is 3.26. The van der Waals surface area contributed by atoms with Crippen LogP contribution in [0.2, 0.25) is 0 Å². The highest BCUT2D eigenvalue weighted by molar-refractivity contribution is 5.46. The van der Waals surface area contributed by atoms with Crippen molar-refractivity contribution in [1.29, 1.82) is 0 Å². The van der Waals surface area contributed by atoms with Crippen LogP contribution in [-0.2, 0) is 17.8 Å². The largest absolute Gasteiger partial charge is 0.710 e. The summed E-state index contributed by atoms with van der Waals surface area (Å²) in [4.78, 5) is 17.4. The van der Waals surface area contributed by atoms with Crippen LogP contribution in [0.25, 0.3) is 11.5 Å². The Labute approximate surface area is 146 Å². The minimum atomic E-state index is -0.0700. The van der Waals surface area contributed by atoms with Gasteiger partial charge in [-0.1, -0.05) is 13.8 Å². The van der Waals surface area contributed by atoms with Gasteiger partial charge >= 0.3 is 11.5 Å². The van der Waals surface area contributed by atoms with Gasteiger partial charge in [-0.2, -0.15) is 0 Å². The lowest BCUT2D eigenvalue weighted by Gasteiger charge is -2.16. The van der Waals surface area contributed by atoms with Crippen LogP contribution in [0.4, 0.5) is 0 Å². The van der Waals surface area contributed by atoms with E-state index in [9.17, 15) is 10.0 Å². The van der Waals surface area contributed by atoms with Gasteiger partial charge in [-0.15, -0.1) is 0 Å². The quantitative estimate of drug-likeness (QED) is 0.468. The van der Waals surface area contributed by atoms with Gasteiger partial charge in [0.2, 0.25) is 5.69 Å². The van der Waals surface area contributed by atoms with Crippen LogP contribution in [0.5, 0.6) is 0 Å². The van der Waals surface area contributed by atoms with Gasteiger partial charge < -0.3 is 9.94 Å². The molecular weight excluding hydrogens is 320 g/mol. The van der Waals surface area contributed by atoms with Crippen LogP contribution in [0, 0.1) is 17.0 Å². The predicted octanol–water partition coefficient (Wildman–Crippen LogP) is 1.49. The summed E-state index contributed by atoms with van der Waals surface area (Å²) in [6.45, 7) is 5.26. The summed E-state index contributed by atoms with van der Waals surface area (Å²) >= 11 is 0. The molecule has 5 rings (SSSR count). The van der Waals surface area contributed by atoms with Crippen LogP contribution >= 0.6 is 0 Å². The molecule has 5 aliphatic rings. The maximum atomic E-state index is 13.0. The smallest absolute Gasteiger partial charge is 0.331 e. The van der Waals surface area contributed by atoms with Gasteiger partial charge in [0, 0.05) is 19.0 Å². The summed E-state index contributed by atoms with van der Waals surface area (Å²) in [5, 5.41) is 13.0. The van der Waals surface area contributed by atoms with E-state index in [4.69, 9.17) is 9.72 Å². The molecule has 134 valence electrons. The summed E-state index contributed by atoms with van der Waals surface area (Å²) in [7, 11) is 0. The molecule has 25 heavy (non-hydrogen) atoms. The zero-order valence-electron chi connectivity index (χ0n) is 14.7. The zero-order valence-corrected chi connectivity index (χ0v) is 14.7. The van der Waals surface area contributed by atoms with Crippen molar-refractivity contribution in [2.75, 3.05) is 0 Å². The second kappa shape index (κ2) is 5.30. The molecule has 2 bridgehead atoms. The number of nitrogens with zero attached hydrogens (tertiary/aromatic N) is 4. The first kappa shape index (κ1) is 15.4. The summed E-state index contributed by atoms with van der Waals surface area (Å²) in [6.07, 6.45) is 6.30. The maximum Gasteiger partial charge on any atom is 0.331 e. The molecule has 2 aliphatic carbocycles. The van der Waals surface area contributed by atoms with Gasteiger partial charge in [0.1, 0.15) is 0 Å². The zero-order chi connectivity index (χ0) is 17.3. The first-order chi connectivity index (χ1) is 12.1. The Morgan fingerprint density at radius 3 is 2.76 bits per heavy atom. The van der Waals surface area contributed by atoms with Gasteiger partial charge in [-0.25, -0.2) is 9.52 Å². The normalized spacial score (nSPS) is 32.5. The molecule has 0 aromatic heterocycles. The second-order valence-corrected chi connectivity index (χ2v) is 7.80. The van der Waals surface area contributed by atoms with Crippen molar-refractivity contribution in [1.82, 2.24) is 14.1 Å². The van der Waals surface area contributed by atoms with E-state index < -0.39 is 0 Å². The molecule has 1 saturated heterocycles. The molecule has 0 N–H and O–H groups in total. The van der Waals surface area contributed by atoms with E-state index in [1.54, 1.807) is 15.3 Å². The molecule has 2 saturated carbocycles. The molecular formula is C18H24N4O3. The van der Waals surface area contributed by atoms with Crippen molar-refractivity contribution in [2.24, 2.45) is 11.8 Å². The molecule has 0 spiro atoms. The van der Waals surface area contributed by atoms with Crippen LogP contribution in [0.15, 0.2) is 11.0 Å². The first-order valence-corrected chi connectivity index (χ1v) is 9.52. The van der Waals surface area contributed by atoms with E-state index in [0.29, 0.717) is 54.5 Å². The van der Waals surface area contributed by atoms with E-state index in [1.165, 1.54) is 0 Å². The molecule has 7 nitrogen and oxygen atoms in total. The number of fused-ring (bicyclic) bond motifs is 6. The lowest BCUT2D eigenvalue weighted by atomic mass is 9.88. The number of aromatic nitrogens is 4. The lowest BCUT2D eigenvalue weighted by Crippen LogP contribution is -2.38. The predicted molar refractivity (Wildman–Crippen MR) is 90.3 cm³/mol. The molecule has 0 aromatic carbocycles. The number of epoxide rings is 1. The first-order valence-electron chi connectivity index (χ1n) is 9.52. The number of hydrogen-bond donors (Lipinski definition) is 0. The van der Waals surface area contributed by atoms with Crippen LogP contribution < -0.4 is 10.4 Å². The fourth-order valence-corrected chi connectivity index (χ4v) is 5.14. The van der Waals surface area contributed by atoms with E-state index in [2.05, 4.69) is 0 Å². The van der Waals surface area contributed by atoms with Gasteiger partial charge in [0.25, 0.3) is 5.82 Å². The monoisotopic (exact) mass is 344 g/mol.